The number of carbonyl (C=O) groups is 3. The number of benzene rings is 2. The van der Waals surface area contributed by atoms with Crippen molar-refractivity contribution in [2.45, 2.75) is 46.6 Å². The molecule has 1 heterocycles. The highest BCUT2D eigenvalue weighted by atomic mass is 16.2. The Morgan fingerprint density at radius 3 is 2.39 bits per heavy atom. The highest BCUT2D eigenvalue weighted by molar-refractivity contribution is 5.95. The molecule has 6 heteroatoms. The van der Waals surface area contributed by atoms with Crippen LogP contribution in [0, 0.1) is 20.8 Å². The van der Waals surface area contributed by atoms with Crippen molar-refractivity contribution < 1.29 is 14.4 Å². The van der Waals surface area contributed by atoms with Gasteiger partial charge in [0.25, 0.3) is 0 Å². The van der Waals surface area contributed by atoms with Gasteiger partial charge in [0.05, 0.1) is 19.0 Å². The van der Waals surface area contributed by atoms with Crippen LogP contribution in [-0.2, 0) is 20.8 Å². The Labute approximate surface area is 184 Å². The first-order valence-electron chi connectivity index (χ1n) is 10.6. The minimum absolute atomic E-state index is 0.0416. The van der Waals surface area contributed by atoms with Gasteiger partial charge in [0.1, 0.15) is 0 Å². The van der Waals surface area contributed by atoms with Crippen LogP contribution < -0.4 is 5.32 Å². The van der Waals surface area contributed by atoms with Crippen molar-refractivity contribution in [3.05, 3.63) is 64.2 Å². The number of likely N-dealkylation sites (N-methyl/N-ethyl adjacent to an activating group) is 1. The standard InChI is InChI=1S/C25H31N3O3/c1-16-12-17(2)25(18(3)13-16)26-23(30)15-27(5)24(31)14-22-21-9-7-6-8-20(21)10-11-28(22)19(4)29/h6-9,12-13,22H,10-11,14-15H2,1-5H3,(H,26,30). The highest BCUT2D eigenvalue weighted by Crippen LogP contribution is 2.32. The van der Waals surface area contributed by atoms with Gasteiger partial charge in [-0.2, -0.15) is 0 Å². The minimum atomic E-state index is -0.304. The van der Waals surface area contributed by atoms with Crippen molar-refractivity contribution in [1.29, 1.82) is 0 Å². The Morgan fingerprint density at radius 1 is 1.10 bits per heavy atom. The molecule has 1 aliphatic rings. The molecule has 0 aliphatic carbocycles. The molecule has 164 valence electrons. The number of amides is 3. The molecule has 3 rings (SSSR count). The van der Waals surface area contributed by atoms with E-state index in [2.05, 4.69) is 5.32 Å². The van der Waals surface area contributed by atoms with Crippen LogP contribution in [0.15, 0.2) is 36.4 Å². The number of fused-ring (bicyclic) bond motifs is 1. The van der Waals surface area contributed by atoms with Gasteiger partial charge in [-0.15, -0.1) is 0 Å². The first-order valence-corrected chi connectivity index (χ1v) is 10.6. The molecular weight excluding hydrogens is 390 g/mol. The summed E-state index contributed by atoms with van der Waals surface area (Å²) in [6, 6.07) is 11.7. The molecule has 2 aromatic rings. The van der Waals surface area contributed by atoms with Gasteiger partial charge < -0.3 is 15.1 Å². The summed E-state index contributed by atoms with van der Waals surface area (Å²) in [4.78, 5) is 40.9. The van der Waals surface area contributed by atoms with E-state index in [1.807, 2.05) is 57.2 Å². The largest absolute Gasteiger partial charge is 0.336 e. The molecule has 0 saturated heterocycles. The number of carbonyl (C=O) groups excluding carboxylic acids is 3. The Hall–Kier alpha value is -3.15. The zero-order chi connectivity index (χ0) is 22.7. The predicted molar refractivity (Wildman–Crippen MR) is 122 cm³/mol. The van der Waals surface area contributed by atoms with Gasteiger partial charge in [-0.05, 0) is 49.4 Å². The van der Waals surface area contributed by atoms with Gasteiger partial charge in [0.2, 0.25) is 17.7 Å². The van der Waals surface area contributed by atoms with Crippen molar-refractivity contribution in [2.75, 3.05) is 25.5 Å². The molecule has 31 heavy (non-hydrogen) atoms. The fourth-order valence-corrected chi connectivity index (χ4v) is 4.43. The molecule has 0 spiro atoms. The molecule has 2 aromatic carbocycles. The zero-order valence-electron chi connectivity index (χ0n) is 19.0. The first kappa shape index (κ1) is 22.5. The summed E-state index contributed by atoms with van der Waals surface area (Å²) in [6.07, 6.45) is 0.941. The Bertz CT molecular complexity index is 992. The maximum absolute atomic E-state index is 13.0. The van der Waals surface area contributed by atoms with E-state index >= 15 is 0 Å². The SMILES string of the molecule is CC(=O)N1CCc2ccccc2C1CC(=O)N(C)CC(=O)Nc1c(C)cc(C)cc1C. The molecule has 1 aliphatic heterocycles. The molecular formula is C25H31N3O3. The number of aryl methyl sites for hydroxylation is 3. The van der Waals surface area contributed by atoms with Crippen molar-refractivity contribution in [1.82, 2.24) is 9.80 Å². The van der Waals surface area contributed by atoms with Crippen LogP contribution in [0.4, 0.5) is 5.69 Å². The fraction of sp³-hybridized carbons (Fsp3) is 0.400. The topological polar surface area (TPSA) is 69.7 Å². The number of anilines is 1. The monoisotopic (exact) mass is 421 g/mol. The third-order valence-electron chi connectivity index (χ3n) is 5.93. The van der Waals surface area contributed by atoms with Gasteiger partial charge in [-0.25, -0.2) is 0 Å². The third kappa shape index (κ3) is 5.13. The fourth-order valence-electron chi connectivity index (χ4n) is 4.43. The predicted octanol–water partition coefficient (Wildman–Crippen LogP) is 3.54. The van der Waals surface area contributed by atoms with Crippen molar-refractivity contribution in [2.24, 2.45) is 0 Å². The van der Waals surface area contributed by atoms with Crippen LogP contribution in [0.5, 0.6) is 0 Å². The second-order valence-electron chi connectivity index (χ2n) is 8.45. The molecule has 0 radical (unpaired) electrons. The molecule has 0 saturated carbocycles. The van der Waals surface area contributed by atoms with E-state index in [0.717, 1.165) is 34.4 Å². The van der Waals surface area contributed by atoms with Crippen LogP contribution >= 0.6 is 0 Å². The summed E-state index contributed by atoms with van der Waals surface area (Å²) in [7, 11) is 1.63. The average Bonchev–Trinajstić information content (AvgIpc) is 2.70. The number of nitrogens with zero attached hydrogens (tertiary/aromatic N) is 2. The van der Waals surface area contributed by atoms with Crippen molar-refractivity contribution in [3.63, 3.8) is 0 Å². The minimum Gasteiger partial charge on any atom is -0.336 e. The molecule has 0 bridgehead atoms. The van der Waals surface area contributed by atoms with Crippen LogP contribution in [0.25, 0.3) is 0 Å². The maximum Gasteiger partial charge on any atom is 0.243 e. The van der Waals surface area contributed by atoms with Crippen LogP contribution in [0.3, 0.4) is 0 Å². The van der Waals surface area contributed by atoms with E-state index in [4.69, 9.17) is 0 Å². The van der Waals surface area contributed by atoms with Crippen molar-refractivity contribution >= 4 is 23.4 Å². The van der Waals surface area contributed by atoms with Gasteiger partial charge >= 0.3 is 0 Å². The van der Waals surface area contributed by atoms with Gasteiger partial charge in [0.15, 0.2) is 0 Å². The van der Waals surface area contributed by atoms with Crippen LogP contribution in [-0.4, -0.2) is 47.7 Å². The number of nitrogens with one attached hydrogen (secondary N) is 1. The Morgan fingerprint density at radius 2 is 1.74 bits per heavy atom. The third-order valence-corrected chi connectivity index (χ3v) is 5.93. The normalized spacial score (nSPS) is 15.3. The zero-order valence-corrected chi connectivity index (χ0v) is 19.0. The lowest BCUT2D eigenvalue weighted by atomic mass is 9.90. The molecule has 3 amide bonds. The summed E-state index contributed by atoms with van der Waals surface area (Å²) in [5.41, 5.74) is 6.11. The molecule has 1 N–H and O–H groups in total. The smallest absolute Gasteiger partial charge is 0.243 e. The second kappa shape index (κ2) is 9.33. The number of rotatable bonds is 5. The Balaban J connectivity index is 1.69. The van der Waals surface area contributed by atoms with E-state index in [1.165, 1.54) is 17.4 Å². The van der Waals surface area contributed by atoms with Gasteiger partial charge in [-0.3, -0.25) is 14.4 Å². The summed E-state index contributed by atoms with van der Waals surface area (Å²) < 4.78 is 0. The summed E-state index contributed by atoms with van der Waals surface area (Å²) in [6.45, 7) is 8.03. The molecule has 1 unspecified atom stereocenters. The van der Waals surface area contributed by atoms with Crippen LogP contribution in [0.2, 0.25) is 0 Å². The van der Waals surface area contributed by atoms with E-state index < -0.39 is 0 Å². The van der Waals surface area contributed by atoms with E-state index in [0.29, 0.717) is 6.54 Å². The highest BCUT2D eigenvalue weighted by Gasteiger charge is 2.31. The maximum atomic E-state index is 13.0. The molecule has 1 atom stereocenters. The Kier molecular flexibility index (Phi) is 6.78. The summed E-state index contributed by atoms with van der Waals surface area (Å²) >= 11 is 0. The quantitative estimate of drug-likeness (QED) is 0.803. The van der Waals surface area contributed by atoms with Gasteiger partial charge in [0, 0.05) is 26.2 Å². The lowest BCUT2D eigenvalue weighted by Gasteiger charge is -2.37. The first-order chi connectivity index (χ1) is 14.7. The summed E-state index contributed by atoms with van der Waals surface area (Å²) in [5.74, 6) is -0.447. The van der Waals surface area contributed by atoms with E-state index in [9.17, 15) is 14.4 Å². The summed E-state index contributed by atoms with van der Waals surface area (Å²) in [5, 5.41) is 2.94. The van der Waals surface area contributed by atoms with E-state index in [-0.39, 0.29) is 36.7 Å². The van der Waals surface area contributed by atoms with Crippen molar-refractivity contribution in [3.8, 4) is 0 Å². The molecule has 6 nitrogen and oxygen atoms in total. The lowest BCUT2D eigenvalue weighted by molar-refractivity contribution is -0.137. The average molecular weight is 422 g/mol. The van der Waals surface area contributed by atoms with Crippen LogP contribution in [0.1, 0.15) is 47.2 Å². The van der Waals surface area contributed by atoms with Gasteiger partial charge in [-0.1, -0.05) is 42.0 Å². The number of hydrogen-bond donors (Lipinski definition) is 1. The second-order valence-corrected chi connectivity index (χ2v) is 8.45. The number of hydrogen-bond acceptors (Lipinski definition) is 3. The molecule has 0 aromatic heterocycles. The molecule has 0 fully saturated rings. The van der Waals surface area contributed by atoms with E-state index in [1.54, 1.807) is 11.9 Å². The lowest BCUT2D eigenvalue weighted by Crippen LogP contribution is -2.42.